The molecule has 0 aliphatic heterocycles. The van der Waals surface area contributed by atoms with Crippen LogP contribution in [0.15, 0.2) is 0 Å². The molecule has 1 aliphatic rings. The van der Waals surface area contributed by atoms with E-state index in [-0.39, 0.29) is 0 Å². The molecule has 1 N–H and O–H groups in total. The normalized spacial score (nSPS) is 32.6. The molecule has 0 bridgehead atoms. The number of nitrogens with one attached hydrogen (secondary N) is 1. The first kappa shape index (κ1) is 14.0. The lowest BCUT2D eigenvalue weighted by molar-refractivity contribution is 0.203. The lowest BCUT2D eigenvalue weighted by Crippen LogP contribution is -2.28. The summed E-state index contributed by atoms with van der Waals surface area (Å²) in [5.41, 5.74) is 0. The molecule has 3 atom stereocenters. The fraction of sp³-hybridized carbons (Fsp3) is 1.00. The second-order valence-corrected chi connectivity index (χ2v) is 6.22. The van der Waals surface area contributed by atoms with Gasteiger partial charge in [-0.25, -0.2) is 0 Å². The van der Waals surface area contributed by atoms with Gasteiger partial charge in [0.15, 0.2) is 0 Å². The Morgan fingerprint density at radius 2 is 1.75 bits per heavy atom. The first-order chi connectivity index (χ1) is 7.61. The molecule has 1 heteroatoms. The highest BCUT2D eigenvalue weighted by molar-refractivity contribution is 4.76. The van der Waals surface area contributed by atoms with Crippen LogP contribution in [0.4, 0.5) is 0 Å². The van der Waals surface area contributed by atoms with Crippen LogP contribution in [0.3, 0.4) is 0 Å². The van der Waals surface area contributed by atoms with E-state index < -0.39 is 0 Å². The molecule has 96 valence electrons. The van der Waals surface area contributed by atoms with Crippen molar-refractivity contribution in [3.63, 3.8) is 0 Å². The maximum absolute atomic E-state index is 3.59. The molecule has 0 saturated heterocycles. The van der Waals surface area contributed by atoms with E-state index in [2.05, 4.69) is 33.0 Å². The Balaban J connectivity index is 2.16. The van der Waals surface area contributed by atoms with Gasteiger partial charge in [-0.05, 0) is 69.7 Å². The molecule has 16 heavy (non-hydrogen) atoms. The average molecular weight is 225 g/mol. The second kappa shape index (κ2) is 7.32. The summed E-state index contributed by atoms with van der Waals surface area (Å²) < 4.78 is 0. The molecule has 1 fully saturated rings. The SMILES string of the molecule is CCCNC(C)CCC1CC(C)CC(C)C1. The summed E-state index contributed by atoms with van der Waals surface area (Å²) in [6, 6.07) is 0.715. The molecule has 0 spiro atoms. The summed E-state index contributed by atoms with van der Waals surface area (Å²) >= 11 is 0. The highest BCUT2D eigenvalue weighted by atomic mass is 14.9. The summed E-state index contributed by atoms with van der Waals surface area (Å²) in [6.07, 6.45) is 8.47. The van der Waals surface area contributed by atoms with Gasteiger partial charge in [-0.2, -0.15) is 0 Å². The lowest BCUT2D eigenvalue weighted by atomic mass is 9.75. The van der Waals surface area contributed by atoms with Gasteiger partial charge in [-0.1, -0.05) is 20.8 Å². The first-order valence-corrected chi connectivity index (χ1v) is 7.35. The molecule has 0 aromatic heterocycles. The molecular weight excluding hydrogens is 194 g/mol. The van der Waals surface area contributed by atoms with E-state index in [1.807, 2.05) is 0 Å². The predicted octanol–water partition coefficient (Wildman–Crippen LogP) is 4.23. The first-order valence-electron chi connectivity index (χ1n) is 7.35. The van der Waals surface area contributed by atoms with Crippen LogP contribution in [-0.2, 0) is 0 Å². The van der Waals surface area contributed by atoms with E-state index in [0.29, 0.717) is 6.04 Å². The Morgan fingerprint density at radius 1 is 1.12 bits per heavy atom. The molecular formula is C15H31N. The van der Waals surface area contributed by atoms with Crippen LogP contribution in [0, 0.1) is 17.8 Å². The van der Waals surface area contributed by atoms with E-state index in [1.165, 1.54) is 45.1 Å². The molecule has 0 heterocycles. The van der Waals surface area contributed by atoms with Crippen LogP contribution < -0.4 is 5.32 Å². The molecule has 0 amide bonds. The van der Waals surface area contributed by atoms with Crippen molar-refractivity contribution in [1.82, 2.24) is 5.32 Å². The minimum absolute atomic E-state index is 0.715. The molecule has 1 saturated carbocycles. The van der Waals surface area contributed by atoms with E-state index >= 15 is 0 Å². The van der Waals surface area contributed by atoms with Gasteiger partial charge in [0, 0.05) is 6.04 Å². The number of rotatable bonds is 6. The number of hydrogen-bond acceptors (Lipinski definition) is 1. The van der Waals surface area contributed by atoms with Crippen LogP contribution in [0.5, 0.6) is 0 Å². The van der Waals surface area contributed by atoms with Gasteiger partial charge >= 0.3 is 0 Å². The highest BCUT2D eigenvalue weighted by Gasteiger charge is 2.23. The minimum atomic E-state index is 0.715. The Kier molecular flexibility index (Phi) is 6.41. The van der Waals surface area contributed by atoms with Crippen molar-refractivity contribution in [2.75, 3.05) is 6.54 Å². The van der Waals surface area contributed by atoms with E-state index in [1.54, 1.807) is 0 Å². The van der Waals surface area contributed by atoms with Crippen molar-refractivity contribution in [3.8, 4) is 0 Å². The summed E-state index contributed by atoms with van der Waals surface area (Å²) in [5, 5.41) is 3.59. The standard InChI is InChI=1S/C15H31N/c1-5-8-16-14(4)6-7-15-10-12(2)9-13(3)11-15/h12-16H,5-11H2,1-4H3. The monoisotopic (exact) mass is 225 g/mol. The van der Waals surface area contributed by atoms with Crippen LogP contribution in [0.1, 0.15) is 66.2 Å². The Morgan fingerprint density at radius 3 is 2.31 bits per heavy atom. The molecule has 3 unspecified atom stereocenters. The highest BCUT2D eigenvalue weighted by Crippen LogP contribution is 2.35. The molecule has 0 aromatic rings. The van der Waals surface area contributed by atoms with Crippen LogP contribution in [0.25, 0.3) is 0 Å². The zero-order valence-corrected chi connectivity index (χ0v) is 11.8. The van der Waals surface area contributed by atoms with Crippen LogP contribution in [0.2, 0.25) is 0 Å². The maximum Gasteiger partial charge on any atom is 0.00388 e. The van der Waals surface area contributed by atoms with Gasteiger partial charge < -0.3 is 5.32 Å². The van der Waals surface area contributed by atoms with Gasteiger partial charge in [0.25, 0.3) is 0 Å². The van der Waals surface area contributed by atoms with Gasteiger partial charge in [-0.3, -0.25) is 0 Å². The van der Waals surface area contributed by atoms with Crippen molar-refractivity contribution in [3.05, 3.63) is 0 Å². The molecule has 1 rings (SSSR count). The Labute approximate surface area is 102 Å². The third kappa shape index (κ3) is 5.34. The quantitative estimate of drug-likeness (QED) is 0.713. The van der Waals surface area contributed by atoms with Crippen LogP contribution in [-0.4, -0.2) is 12.6 Å². The topological polar surface area (TPSA) is 12.0 Å². The zero-order chi connectivity index (χ0) is 12.0. The average Bonchev–Trinajstić information content (AvgIpc) is 2.22. The molecule has 0 radical (unpaired) electrons. The summed E-state index contributed by atoms with van der Waals surface area (Å²) in [5.74, 6) is 2.94. The summed E-state index contributed by atoms with van der Waals surface area (Å²) in [7, 11) is 0. The fourth-order valence-corrected chi connectivity index (χ4v) is 3.33. The van der Waals surface area contributed by atoms with E-state index in [9.17, 15) is 0 Å². The van der Waals surface area contributed by atoms with Gasteiger partial charge in [0.05, 0.1) is 0 Å². The second-order valence-electron chi connectivity index (χ2n) is 6.22. The summed E-state index contributed by atoms with van der Waals surface area (Å²) in [6.45, 7) is 10.6. The Bertz CT molecular complexity index is 168. The fourth-order valence-electron chi connectivity index (χ4n) is 3.33. The van der Waals surface area contributed by atoms with Gasteiger partial charge in [0.2, 0.25) is 0 Å². The predicted molar refractivity (Wildman–Crippen MR) is 72.7 cm³/mol. The molecule has 1 nitrogen and oxygen atoms in total. The van der Waals surface area contributed by atoms with Gasteiger partial charge in [0.1, 0.15) is 0 Å². The number of hydrogen-bond donors (Lipinski definition) is 1. The molecule has 0 aromatic carbocycles. The largest absolute Gasteiger partial charge is 0.314 e. The smallest absolute Gasteiger partial charge is 0.00388 e. The summed E-state index contributed by atoms with van der Waals surface area (Å²) in [4.78, 5) is 0. The van der Waals surface area contributed by atoms with Crippen molar-refractivity contribution in [2.24, 2.45) is 17.8 Å². The molecule has 1 aliphatic carbocycles. The van der Waals surface area contributed by atoms with Crippen molar-refractivity contribution in [1.29, 1.82) is 0 Å². The van der Waals surface area contributed by atoms with Crippen LogP contribution >= 0.6 is 0 Å². The van der Waals surface area contributed by atoms with Crippen molar-refractivity contribution in [2.45, 2.75) is 72.3 Å². The maximum atomic E-state index is 3.59. The minimum Gasteiger partial charge on any atom is -0.314 e. The third-order valence-corrected chi connectivity index (χ3v) is 4.03. The van der Waals surface area contributed by atoms with E-state index in [4.69, 9.17) is 0 Å². The Hall–Kier alpha value is -0.0400. The van der Waals surface area contributed by atoms with Crippen molar-refractivity contribution >= 4 is 0 Å². The lowest BCUT2D eigenvalue weighted by Gasteiger charge is -2.32. The van der Waals surface area contributed by atoms with E-state index in [0.717, 1.165) is 17.8 Å². The zero-order valence-electron chi connectivity index (χ0n) is 11.8. The third-order valence-electron chi connectivity index (χ3n) is 4.03. The van der Waals surface area contributed by atoms with Gasteiger partial charge in [-0.15, -0.1) is 0 Å². The van der Waals surface area contributed by atoms with Crippen molar-refractivity contribution < 1.29 is 0 Å².